The van der Waals surface area contributed by atoms with Crippen molar-refractivity contribution in [2.45, 2.75) is 19.9 Å². The van der Waals surface area contributed by atoms with Crippen molar-refractivity contribution in [1.29, 1.82) is 0 Å². The Bertz CT molecular complexity index is 978. The number of hydrogen-bond donors (Lipinski definition) is 1. The molecule has 0 unspecified atom stereocenters. The van der Waals surface area contributed by atoms with E-state index in [4.69, 9.17) is 0 Å². The van der Waals surface area contributed by atoms with Crippen LogP contribution in [0.4, 0.5) is 10.1 Å². The third-order valence-electron chi connectivity index (χ3n) is 4.15. The van der Waals surface area contributed by atoms with Crippen LogP contribution in [-0.4, -0.2) is 10.5 Å². The molecule has 2 aromatic carbocycles. The minimum Gasteiger partial charge on any atom is -0.319 e. The Morgan fingerprint density at radius 2 is 1.69 bits per heavy atom. The molecule has 1 N–H and O–H groups in total. The normalized spacial score (nSPS) is 10.5. The van der Waals surface area contributed by atoms with E-state index in [0.29, 0.717) is 6.54 Å². The van der Waals surface area contributed by atoms with E-state index in [1.165, 1.54) is 40.6 Å². The summed E-state index contributed by atoms with van der Waals surface area (Å²) < 4.78 is 15.2. The maximum atomic E-state index is 13.7. The molecular weight excluding hydrogens is 331 g/mol. The Kier molecular flexibility index (Phi) is 5.27. The predicted molar refractivity (Wildman–Crippen MR) is 100.0 cm³/mol. The fraction of sp³-hybridized carbons (Fsp3) is 0.143. The first-order valence-electron chi connectivity index (χ1n) is 8.41. The van der Waals surface area contributed by atoms with Crippen LogP contribution in [0.3, 0.4) is 0 Å². The fourth-order valence-electron chi connectivity index (χ4n) is 2.62. The molecule has 5 heteroatoms. The zero-order valence-electron chi connectivity index (χ0n) is 14.4. The van der Waals surface area contributed by atoms with E-state index in [9.17, 15) is 14.0 Å². The molecule has 0 aliphatic rings. The summed E-state index contributed by atoms with van der Waals surface area (Å²) in [4.78, 5) is 24.5. The summed E-state index contributed by atoms with van der Waals surface area (Å²) >= 11 is 0. The molecule has 4 nitrogen and oxygen atoms in total. The van der Waals surface area contributed by atoms with Crippen molar-refractivity contribution in [3.63, 3.8) is 0 Å². The largest absolute Gasteiger partial charge is 0.319 e. The van der Waals surface area contributed by atoms with Crippen LogP contribution in [0.5, 0.6) is 0 Å². The lowest BCUT2D eigenvalue weighted by atomic mass is 10.1. The zero-order valence-corrected chi connectivity index (χ0v) is 14.4. The Balaban J connectivity index is 1.81. The topological polar surface area (TPSA) is 51.1 Å². The number of carbonyl (C=O) groups excluding carboxylic acids is 1. The molecule has 1 heterocycles. The summed E-state index contributed by atoms with van der Waals surface area (Å²) in [5, 5.41) is 2.52. The number of carbonyl (C=O) groups is 1. The van der Waals surface area contributed by atoms with E-state index in [1.807, 2.05) is 24.3 Å². The molecule has 0 aliphatic heterocycles. The highest BCUT2D eigenvalue weighted by Gasteiger charge is 2.10. The van der Waals surface area contributed by atoms with Crippen molar-refractivity contribution in [3.05, 3.63) is 99.7 Å². The number of para-hydroxylation sites is 1. The van der Waals surface area contributed by atoms with Gasteiger partial charge in [-0.15, -0.1) is 0 Å². The second-order valence-electron chi connectivity index (χ2n) is 5.99. The van der Waals surface area contributed by atoms with Gasteiger partial charge in [0.15, 0.2) is 0 Å². The third kappa shape index (κ3) is 4.06. The van der Waals surface area contributed by atoms with Crippen molar-refractivity contribution in [2.75, 3.05) is 5.32 Å². The number of halogens is 1. The van der Waals surface area contributed by atoms with Crippen molar-refractivity contribution in [1.82, 2.24) is 4.57 Å². The van der Waals surface area contributed by atoms with Gasteiger partial charge >= 0.3 is 0 Å². The number of rotatable bonds is 5. The second-order valence-corrected chi connectivity index (χ2v) is 5.99. The van der Waals surface area contributed by atoms with Gasteiger partial charge in [-0.2, -0.15) is 0 Å². The van der Waals surface area contributed by atoms with Crippen LogP contribution in [0.15, 0.2) is 71.7 Å². The minimum absolute atomic E-state index is 0.102. The molecule has 0 radical (unpaired) electrons. The van der Waals surface area contributed by atoms with Gasteiger partial charge in [0, 0.05) is 12.3 Å². The summed E-state index contributed by atoms with van der Waals surface area (Å²) in [5.41, 5.74) is 2.38. The van der Waals surface area contributed by atoms with Crippen molar-refractivity contribution in [3.8, 4) is 0 Å². The first kappa shape index (κ1) is 17.6. The van der Waals surface area contributed by atoms with Gasteiger partial charge in [-0.1, -0.05) is 43.3 Å². The Hall–Kier alpha value is -3.21. The van der Waals surface area contributed by atoms with Gasteiger partial charge in [0.25, 0.3) is 11.5 Å². The molecule has 3 aromatic rings. The van der Waals surface area contributed by atoms with Crippen molar-refractivity contribution < 1.29 is 9.18 Å². The molecule has 0 spiro atoms. The molecule has 0 aliphatic carbocycles. The van der Waals surface area contributed by atoms with E-state index < -0.39 is 11.7 Å². The van der Waals surface area contributed by atoms with Crippen molar-refractivity contribution >= 4 is 11.6 Å². The van der Waals surface area contributed by atoms with Gasteiger partial charge in [0.05, 0.1) is 17.8 Å². The van der Waals surface area contributed by atoms with Crippen LogP contribution >= 0.6 is 0 Å². The zero-order chi connectivity index (χ0) is 18.5. The highest BCUT2D eigenvalue weighted by atomic mass is 19.1. The smallest absolute Gasteiger partial charge is 0.257 e. The number of aryl methyl sites for hydroxylation is 1. The number of amides is 1. The second kappa shape index (κ2) is 7.78. The fourth-order valence-corrected chi connectivity index (χ4v) is 2.62. The first-order chi connectivity index (χ1) is 12.6. The molecule has 132 valence electrons. The maximum Gasteiger partial charge on any atom is 0.257 e. The number of anilines is 1. The summed E-state index contributed by atoms with van der Waals surface area (Å²) in [6.45, 7) is 2.45. The molecular formula is C21H19FN2O2. The van der Waals surface area contributed by atoms with Crippen LogP contribution < -0.4 is 10.9 Å². The van der Waals surface area contributed by atoms with Crippen LogP contribution in [0.1, 0.15) is 28.4 Å². The van der Waals surface area contributed by atoms with Gasteiger partial charge in [-0.05, 0) is 35.7 Å². The molecule has 1 amide bonds. The predicted octanol–water partition coefficient (Wildman–Crippen LogP) is 3.85. The van der Waals surface area contributed by atoms with Crippen LogP contribution in [0.25, 0.3) is 0 Å². The van der Waals surface area contributed by atoms with E-state index >= 15 is 0 Å². The van der Waals surface area contributed by atoms with E-state index in [0.717, 1.165) is 12.0 Å². The number of nitrogens with one attached hydrogen (secondary N) is 1. The average molecular weight is 350 g/mol. The third-order valence-corrected chi connectivity index (χ3v) is 4.15. The lowest BCUT2D eigenvalue weighted by molar-refractivity contribution is 0.102. The Morgan fingerprint density at radius 1 is 1.00 bits per heavy atom. The van der Waals surface area contributed by atoms with Gasteiger partial charge < -0.3 is 9.88 Å². The van der Waals surface area contributed by atoms with Gasteiger partial charge in [-0.25, -0.2) is 4.39 Å². The summed E-state index contributed by atoms with van der Waals surface area (Å²) in [5.74, 6) is -0.977. The van der Waals surface area contributed by atoms with Gasteiger partial charge in [0.1, 0.15) is 5.82 Å². The first-order valence-corrected chi connectivity index (χ1v) is 8.41. The Labute approximate surface area is 150 Å². The minimum atomic E-state index is -0.509. The van der Waals surface area contributed by atoms with Crippen LogP contribution in [0.2, 0.25) is 0 Å². The molecule has 0 atom stereocenters. The van der Waals surface area contributed by atoms with Gasteiger partial charge in [-0.3, -0.25) is 9.59 Å². The number of hydrogen-bond acceptors (Lipinski definition) is 2. The quantitative estimate of drug-likeness (QED) is 0.760. The molecule has 3 rings (SSSR count). The SMILES string of the molecule is CCc1ccc(Cn2cc(C(=O)Nc3ccccc3F)ccc2=O)cc1. The van der Waals surface area contributed by atoms with Gasteiger partial charge in [0.2, 0.25) is 0 Å². The number of pyridine rings is 1. The number of aromatic nitrogens is 1. The van der Waals surface area contributed by atoms with E-state index in [1.54, 1.807) is 12.1 Å². The summed E-state index contributed by atoms with van der Waals surface area (Å²) in [7, 11) is 0. The Morgan fingerprint density at radius 3 is 2.38 bits per heavy atom. The lowest BCUT2D eigenvalue weighted by Crippen LogP contribution is -2.22. The standard InChI is InChI=1S/C21H19FN2O2/c1-2-15-7-9-16(10-8-15)13-24-14-17(11-12-20(24)25)21(26)23-19-6-4-3-5-18(19)22/h3-12,14H,2,13H2,1H3,(H,23,26). The molecule has 26 heavy (non-hydrogen) atoms. The van der Waals surface area contributed by atoms with Crippen LogP contribution in [0, 0.1) is 5.82 Å². The number of benzene rings is 2. The summed E-state index contributed by atoms with van der Waals surface area (Å²) in [6.07, 6.45) is 2.44. The molecule has 0 bridgehead atoms. The lowest BCUT2D eigenvalue weighted by Gasteiger charge is -2.10. The number of nitrogens with zero attached hydrogens (tertiary/aromatic N) is 1. The highest BCUT2D eigenvalue weighted by Crippen LogP contribution is 2.14. The molecule has 0 saturated heterocycles. The average Bonchev–Trinajstić information content (AvgIpc) is 2.66. The summed E-state index contributed by atoms with van der Waals surface area (Å²) in [6, 6.07) is 16.7. The van der Waals surface area contributed by atoms with Crippen LogP contribution in [-0.2, 0) is 13.0 Å². The highest BCUT2D eigenvalue weighted by molar-refractivity contribution is 6.04. The van der Waals surface area contributed by atoms with E-state index in [-0.39, 0.29) is 16.8 Å². The van der Waals surface area contributed by atoms with E-state index in [2.05, 4.69) is 12.2 Å². The van der Waals surface area contributed by atoms with Crippen molar-refractivity contribution in [2.24, 2.45) is 0 Å². The maximum absolute atomic E-state index is 13.7. The molecule has 0 fully saturated rings. The molecule has 0 saturated carbocycles. The molecule has 1 aromatic heterocycles. The monoisotopic (exact) mass is 350 g/mol.